The maximum absolute atomic E-state index is 9.02. The molecule has 2 aromatic carbocycles. The van der Waals surface area contributed by atoms with Gasteiger partial charge in [0, 0.05) is 6.61 Å². The van der Waals surface area contributed by atoms with Gasteiger partial charge in [0.2, 0.25) is 0 Å². The van der Waals surface area contributed by atoms with Crippen molar-refractivity contribution in [2.24, 2.45) is 0 Å². The van der Waals surface area contributed by atoms with Gasteiger partial charge in [-0.2, -0.15) is 0 Å². The van der Waals surface area contributed by atoms with Crippen LogP contribution in [0.1, 0.15) is 11.1 Å². The summed E-state index contributed by atoms with van der Waals surface area (Å²) in [5.41, 5.74) is 2.11. The predicted octanol–water partition coefficient (Wildman–Crippen LogP) is 2.81. The summed E-state index contributed by atoms with van der Waals surface area (Å²) in [5, 5.41) is 9.02. The van der Waals surface area contributed by atoms with E-state index in [9.17, 15) is 0 Å². The maximum atomic E-state index is 9.02. The minimum absolute atomic E-state index is 0.128. The Morgan fingerprint density at radius 3 is 2.42 bits per heavy atom. The van der Waals surface area contributed by atoms with E-state index in [1.165, 1.54) is 0 Å². The van der Waals surface area contributed by atoms with Crippen LogP contribution < -0.4 is 9.47 Å². The summed E-state index contributed by atoms with van der Waals surface area (Å²) in [4.78, 5) is 0. The third-order valence-corrected chi connectivity index (χ3v) is 2.91. The smallest absolute Gasteiger partial charge is 0.123 e. The number of para-hydroxylation sites is 1. The molecule has 0 atom stereocenters. The van der Waals surface area contributed by atoms with E-state index >= 15 is 0 Å². The van der Waals surface area contributed by atoms with Crippen molar-refractivity contribution >= 4 is 0 Å². The highest BCUT2D eigenvalue weighted by Crippen LogP contribution is 2.20. The zero-order valence-electron chi connectivity index (χ0n) is 11.0. The molecule has 1 N–H and O–H groups in total. The van der Waals surface area contributed by atoms with Crippen LogP contribution in [0.25, 0.3) is 0 Å². The fraction of sp³-hybridized carbons (Fsp3) is 0.250. The van der Waals surface area contributed by atoms with Crippen molar-refractivity contribution in [1.29, 1.82) is 0 Å². The lowest BCUT2D eigenvalue weighted by atomic mass is 10.1. The Morgan fingerprint density at radius 2 is 1.74 bits per heavy atom. The maximum Gasteiger partial charge on any atom is 0.123 e. The quantitative estimate of drug-likeness (QED) is 0.866. The lowest BCUT2D eigenvalue weighted by Crippen LogP contribution is -2.00. The molecule has 0 heterocycles. The zero-order valence-corrected chi connectivity index (χ0v) is 11.0. The summed E-state index contributed by atoms with van der Waals surface area (Å²) in [7, 11) is 1.65. The molecule has 0 radical (unpaired) electrons. The molecule has 2 aromatic rings. The van der Waals surface area contributed by atoms with E-state index in [0.717, 1.165) is 22.6 Å². The molecular formula is C16H18O3. The largest absolute Gasteiger partial charge is 0.497 e. The van der Waals surface area contributed by atoms with Crippen LogP contribution >= 0.6 is 0 Å². The second-order valence-corrected chi connectivity index (χ2v) is 4.22. The first-order chi connectivity index (χ1) is 9.33. The van der Waals surface area contributed by atoms with Crippen molar-refractivity contribution in [3.63, 3.8) is 0 Å². The van der Waals surface area contributed by atoms with E-state index in [2.05, 4.69) is 0 Å². The van der Waals surface area contributed by atoms with E-state index in [0.29, 0.717) is 13.0 Å². The van der Waals surface area contributed by atoms with Crippen LogP contribution in [0.2, 0.25) is 0 Å². The van der Waals surface area contributed by atoms with Crippen molar-refractivity contribution in [3.8, 4) is 11.5 Å². The first-order valence-corrected chi connectivity index (χ1v) is 6.28. The molecule has 0 saturated heterocycles. The van der Waals surface area contributed by atoms with Gasteiger partial charge in [-0.15, -0.1) is 0 Å². The van der Waals surface area contributed by atoms with Gasteiger partial charge in [-0.3, -0.25) is 0 Å². The van der Waals surface area contributed by atoms with E-state index in [1.807, 2.05) is 48.5 Å². The molecule has 0 aromatic heterocycles. The molecule has 2 rings (SSSR count). The second kappa shape index (κ2) is 6.81. The third-order valence-electron chi connectivity index (χ3n) is 2.91. The number of methoxy groups -OCH3 is 1. The van der Waals surface area contributed by atoms with Crippen LogP contribution in [0, 0.1) is 0 Å². The zero-order chi connectivity index (χ0) is 13.5. The van der Waals surface area contributed by atoms with E-state index in [-0.39, 0.29) is 6.61 Å². The highest BCUT2D eigenvalue weighted by molar-refractivity contribution is 5.34. The summed E-state index contributed by atoms with van der Waals surface area (Å²) in [5.74, 6) is 1.66. The molecule has 3 nitrogen and oxygen atoms in total. The number of benzene rings is 2. The molecule has 0 unspecified atom stereocenters. The Labute approximate surface area is 113 Å². The van der Waals surface area contributed by atoms with E-state index < -0.39 is 0 Å². The molecule has 0 amide bonds. The van der Waals surface area contributed by atoms with E-state index in [1.54, 1.807) is 7.11 Å². The third kappa shape index (κ3) is 3.73. The Morgan fingerprint density at radius 1 is 1.00 bits per heavy atom. The lowest BCUT2D eigenvalue weighted by molar-refractivity contribution is 0.284. The van der Waals surface area contributed by atoms with Gasteiger partial charge in [0.15, 0.2) is 0 Å². The van der Waals surface area contributed by atoms with Crippen LogP contribution in [0.5, 0.6) is 11.5 Å². The van der Waals surface area contributed by atoms with Gasteiger partial charge < -0.3 is 14.6 Å². The monoisotopic (exact) mass is 258 g/mol. The Balaban J connectivity index is 2.01. The summed E-state index contributed by atoms with van der Waals surface area (Å²) in [6.45, 7) is 0.634. The predicted molar refractivity (Wildman–Crippen MR) is 74.6 cm³/mol. The summed E-state index contributed by atoms with van der Waals surface area (Å²) in [6.07, 6.45) is 0.610. The summed E-state index contributed by atoms with van der Waals surface area (Å²) < 4.78 is 10.9. The van der Waals surface area contributed by atoms with Gasteiger partial charge in [0.1, 0.15) is 18.1 Å². The van der Waals surface area contributed by atoms with Gasteiger partial charge in [0.05, 0.1) is 7.11 Å². The number of rotatable bonds is 6. The molecule has 0 saturated carbocycles. The molecule has 19 heavy (non-hydrogen) atoms. The van der Waals surface area contributed by atoms with Crippen molar-refractivity contribution in [1.82, 2.24) is 0 Å². The molecule has 0 aliphatic heterocycles. The number of hydrogen-bond acceptors (Lipinski definition) is 3. The Kier molecular flexibility index (Phi) is 4.81. The molecule has 0 bridgehead atoms. The number of ether oxygens (including phenoxy) is 2. The number of aliphatic hydroxyl groups excluding tert-OH is 1. The standard InChI is InChI=1S/C16H18O3/c1-18-15-8-6-13(7-9-15)12-19-16-5-3-2-4-14(16)10-11-17/h2-9,17H,10-12H2,1H3. The molecule has 0 fully saturated rings. The van der Waals surface area contributed by atoms with Crippen LogP contribution in [0.4, 0.5) is 0 Å². The van der Waals surface area contributed by atoms with Crippen molar-refractivity contribution in [2.45, 2.75) is 13.0 Å². The van der Waals surface area contributed by atoms with Gasteiger partial charge in [-0.1, -0.05) is 30.3 Å². The molecule has 100 valence electrons. The minimum Gasteiger partial charge on any atom is -0.497 e. The van der Waals surface area contributed by atoms with Crippen LogP contribution in [0.15, 0.2) is 48.5 Å². The normalized spacial score (nSPS) is 10.2. The first-order valence-electron chi connectivity index (χ1n) is 6.28. The molecule has 0 aliphatic rings. The topological polar surface area (TPSA) is 38.7 Å². The Bertz CT molecular complexity index is 506. The highest BCUT2D eigenvalue weighted by Gasteiger charge is 2.03. The van der Waals surface area contributed by atoms with Crippen LogP contribution in [-0.4, -0.2) is 18.8 Å². The van der Waals surface area contributed by atoms with Crippen molar-refractivity contribution in [2.75, 3.05) is 13.7 Å². The molecule has 0 aliphatic carbocycles. The summed E-state index contributed by atoms with van der Waals surface area (Å²) >= 11 is 0. The Hall–Kier alpha value is -2.00. The SMILES string of the molecule is COc1ccc(COc2ccccc2CCO)cc1. The first kappa shape index (κ1) is 13.4. The van der Waals surface area contributed by atoms with Crippen LogP contribution in [0.3, 0.4) is 0 Å². The van der Waals surface area contributed by atoms with Crippen LogP contribution in [-0.2, 0) is 13.0 Å². The summed E-state index contributed by atoms with van der Waals surface area (Å²) in [6, 6.07) is 15.6. The van der Waals surface area contributed by atoms with Gasteiger partial charge in [-0.05, 0) is 35.7 Å². The average molecular weight is 258 g/mol. The molecule has 3 heteroatoms. The van der Waals surface area contributed by atoms with E-state index in [4.69, 9.17) is 14.6 Å². The number of aliphatic hydroxyl groups is 1. The molecule has 0 spiro atoms. The van der Waals surface area contributed by atoms with Gasteiger partial charge >= 0.3 is 0 Å². The fourth-order valence-electron chi connectivity index (χ4n) is 1.85. The minimum atomic E-state index is 0.128. The van der Waals surface area contributed by atoms with Crippen molar-refractivity contribution in [3.05, 3.63) is 59.7 Å². The van der Waals surface area contributed by atoms with Gasteiger partial charge in [0.25, 0.3) is 0 Å². The second-order valence-electron chi connectivity index (χ2n) is 4.22. The lowest BCUT2D eigenvalue weighted by Gasteiger charge is -2.11. The van der Waals surface area contributed by atoms with Crippen molar-refractivity contribution < 1.29 is 14.6 Å². The average Bonchev–Trinajstić information content (AvgIpc) is 2.47. The highest BCUT2D eigenvalue weighted by atomic mass is 16.5. The van der Waals surface area contributed by atoms with Gasteiger partial charge in [-0.25, -0.2) is 0 Å². The number of hydrogen-bond donors (Lipinski definition) is 1. The fourth-order valence-corrected chi connectivity index (χ4v) is 1.85. The molecular weight excluding hydrogens is 240 g/mol.